The fourth-order valence-electron chi connectivity index (χ4n) is 2.29. The van der Waals surface area contributed by atoms with E-state index in [9.17, 15) is 4.79 Å². The van der Waals surface area contributed by atoms with E-state index in [0.717, 1.165) is 24.4 Å². The van der Waals surface area contributed by atoms with Crippen molar-refractivity contribution < 1.29 is 4.79 Å². The number of aromatic amines is 1. The highest BCUT2D eigenvalue weighted by Crippen LogP contribution is 2.29. The molecule has 1 saturated carbocycles. The molecular formula is C12H20N4OS. The van der Waals surface area contributed by atoms with Crippen molar-refractivity contribution in [1.82, 2.24) is 20.5 Å². The molecule has 2 rings (SSSR count). The number of carbonyl (C=O) groups is 1. The Bertz CT molecular complexity index is 407. The zero-order valence-electron chi connectivity index (χ0n) is 10.9. The quantitative estimate of drug-likeness (QED) is 0.854. The van der Waals surface area contributed by atoms with Crippen molar-refractivity contribution in [1.29, 1.82) is 0 Å². The Labute approximate surface area is 112 Å². The van der Waals surface area contributed by atoms with Crippen LogP contribution in [0.4, 0.5) is 0 Å². The number of aromatic nitrogens is 3. The summed E-state index contributed by atoms with van der Waals surface area (Å²) < 4.78 is 0. The average molecular weight is 268 g/mol. The number of amides is 1. The Balaban J connectivity index is 1.94. The number of hydrogen-bond acceptors (Lipinski definition) is 4. The highest BCUT2D eigenvalue weighted by atomic mass is 32.2. The molecule has 0 radical (unpaired) electrons. The Hall–Kier alpha value is -1.04. The molecule has 1 amide bonds. The number of thioether (sulfide) groups is 1. The molecule has 0 aliphatic heterocycles. The molecule has 1 aromatic rings. The monoisotopic (exact) mass is 268 g/mol. The maximum Gasteiger partial charge on any atom is 0.291 e. The summed E-state index contributed by atoms with van der Waals surface area (Å²) in [6, 6.07) is 0.269. The van der Waals surface area contributed by atoms with Crippen molar-refractivity contribution in [3.63, 3.8) is 0 Å². The molecule has 18 heavy (non-hydrogen) atoms. The van der Waals surface area contributed by atoms with E-state index in [4.69, 9.17) is 0 Å². The van der Waals surface area contributed by atoms with Gasteiger partial charge in [0.05, 0.1) is 0 Å². The van der Waals surface area contributed by atoms with E-state index in [1.807, 2.05) is 18.7 Å². The Morgan fingerprint density at radius 3 is 3.00 bits per heavy atom. The van der Waals surface area contributed by atoms with E-state index in [1.54, 1.807) is 0 Å². The summed E-state index contributed by atoms with van der Waals surface area (Å²) in [5.74, 6) is 1.96. The van der Waals surface area contributed by atoms with Crippen molar-refractivity contribution >= 4 is 17.7 Å². The third-order valence-electron chi connectivity index (χ3n) is 3.22. The van der Waals surface area contributed by atoms with Crippen LogP contribution in [0.5, 0.6) is 0 Å². The lowest BCUT2D eigenvalue weighted by Crippen LogP contribution is -2.39. The second-order valence-corrected chi connectivity index (χ2v) is 5.98. The number of nitrogens with zero attached hydrogens (tertiary/aromatic N) is 2. The molecule has 1 aliphatic carbocycles. The van der Waals surface area contributed by atoms with Crippen LogP contribution in [0.1, 0.15) is 49.6 Å². The molecule has 5 nitrogen and oxygen atoms in total. The van der Waals surface area contributed by atoms with Crippen LogP contribution in [0.15, 0.2) is 0 Å². The Morgan fingerprint density at radius 2 is 2.33 bits per heavy atom. The summed E-state index contributed by atoms with van der Waals surface area (Å²) in [6.45, 7) is 4.14. The maximum absolute atomic E-state index is 12.0. The molecule has 1 heterocycles. The van der Waals surface area contributed by atoms with Gasteiger partial charge in [-0.3, -0.25) is 9.89 Å². The van der Waals surface area contributed by atoms with Gasteiger partial charge in [-0.2, -0.15) is 11.8 Å². The first-order chi connectivity index (χ1) is 8.74. The predicted molar refractivity (Wildman–Crippen MR) is 72.8 cm³/mol. The molecule has 2 unspecified atom stereocenters. The van der Waals surface area contributed by atoms with Crippen LogP contribution in [-0.4, -0.2) is 38.1 Å². The van der Waals surface area contributed by atoms with E-state index in [1.165, 1.54) is 12.8 Å². The number of H-pyrrole nitrogens is 1. The first-order valence-electron chi connectivity index (χ1n) is 6.58. The van der Waals surface area contributed by atoms with Crippen LogP contribution in [0.3, 0.4) is 0 Å². The minimum atomic E-state index is -0.153. The van der Waals surface area contributed by atoms with Crippen LogP contribution in [0.25, 0.3) is 0 Å². The van der Waals surface area contributed by atoms with Gasteiger partial charge in [-0.05, 0) is 18.6 Å². The molecule has 0 saturated heterocycles. The van der Waals surface area contributed by atoms with E-state index >= 15 is 0 Å². The van der Waals surface area contributed by atoms with Gasteiger partial charge in [-0.1, -0.05) is 20.3 Å². The normalized spacial score (nSPS) is 23.2. The highest BCUT2D eigenvalue weighted by Gasteiger charge is 2.29. The number of hydrogen-bond donors (Lipinski definition) is 2. The first kappa shape index (κ1) is 13.4. The van der Waals surface area contributed by atoms with Crippen molar-refractivity contribution in [3.05, 3.63) is 11.6 Å². The lowest BCUT2D eigenvalue weighted by molar-refractivity contribution is 0.0928. The predicted octanol–water partition coefficient (Wildman–Crippen LogP) is 1.77. The lowest BCUT2D eigenvalue weighted by Gasteiger charge is -2.19. The topological polar surface area (TPSA) is 70.7 Å². The van der Waals surface area contributed by atoms with Gasteiger partial charge in [0.1, 0.15) is 5.82 Å². The number of nitrogens with one attached hydrogen (secondary N) is 2. The minimum absolute atomic E-state index is 0.153. The third kappa shape index (κ3) is 3.04. The zero-order chi connectivity index (χ0) is 13.0. The molecular weight excluding hydrogens is 248 g/mol. The third-order valence-corrected chi connectivity index (χ3v) is 4.55. The van der Waals surface area contributed by atoms with Crippen molar-refractivity contribution in [2.45, 2.75) is 50.8 Å². The largest absolute Gasteiger partial charge is 0.345 e. The average Bonchev–Trinajstić information content (AvgIpc) is 2.99. The van der Waals surface area contributed by atoms with Crippen molar-refractivity contribution in [2.24, 2.45) is 0 Å². The Morgan fingerprint density at radius 1 is 1.50 bits per heavy atom. The summed E-state index contributed by atoms with van der Waals surface area (Å²) in [4.78, 5) is 16.2. The molecule has 1 aromatic heterocycles. The van der Waals surface area contributed by atoms with Gasteiger partial charge in [0.15, 0.2) is 0 Å². The number of carbonyl (C=O) groups excluding carboxylic acids is 1. The molecule has 0 aromatic carbocycles. The summed E-state index contributed by atoms with van der Waals surface area (Å²) in [6.07, 6.45) is 4.21. The van der Waals surface area contributed by atoms with Gasteiger partial charge in [0, 0.05) is 17.7 Å². The smallest absolute Gasteiger partial charge is 0.291 e. The lowest BCUT2D eigenvalue weighted by atomic mass is 10.2. The summed E-state index contributed by atoms with van der Waals surface area (Å²) >= 11 is 1.93. The SMILES string of the molecule is CCSC1CCCC1NC(=O)c1n[nH]c(CC)n1. The molecule has 0 spiro atoms. The molecule has 2 atom stereocenters. The van der Waals surface area contributed by atoms with Gasteiger partial charge in [-0.15, -0.1) is 5.10 Å². The van der Waals surface area contributed by atoms with Gasteiger partial charge in [-0.25, -0.2) is 4.98 Å². The maximum atomic E-state index is 12.0. The summed E-state index contributed by atoms with van der Waals surface area (Å²) in [7, 11) is 0. The summed E-state index contributed by atoms with van der Waals surface area (Å²) in [5.41, 5.74) is 0. The van der Waals surface area contributed by atoms with Crippen molar-refractivity contribution in [2.75, 3.05) is 5.75 Å². The van der Waals surface area contributed by atoms with Gasteiger partial charge >= 0.3 is 0 Å². The molecule has 0 bridgehead atoms. The second kappa shape index (κ2) is 6.22. The standard InChI is InChI=1S/C12H20N4OS/c1-3-10-14-11(16-15-10)12(17)13-8-6-5-7-9(8)18-4-2/h8-9H,3-7H2,1-2H3,(H,13,17)(H,14,15,16). The number of rotatable bonds is 5. The van der Waals surface area contributed by atoms with Crippen LogP contribution >= 0.6 is 11.8 Å². The van der Waals surface area contributed by atoms with E-state index in [2.05, 4.69) is 27.4 Å². The van der Waals surface area contributed by atoms with E-state index in [-0.39, 0.29) is 17.8 Å². The first-order valence-corrected chi connectivity index (χ1v) is 7.63. The highest BCUT2D eigenvalue weighted by molar-refractivity contribution is 7.99. The minimum Gasteiger partial charge on any atom is -0.345 e. The van der Waals surface area contributed by atoms with Crippen LogP contribution in [0, 0.1) is 0 Å². The van der Waals surface area contributed by atoms with Crippen molar-refractivity contribution in [3.8, 4) is 0 Å². The Kier molecular flexibility index (Phi) is 4.63. The van der Waals surface area contributed by atoms with Crippen LogP contribution < -0.4 is 5.32 Å². The summed E-state index contributed by atoms with van der Waals surface area (Å²) in [5, 5.41) is 10.3. The second-order valence-electron chi connectivity index (χ2n) is 4.46. The fourth-order valence-corrected chi connectivity index (χ4v) is 3.49. The van der Waals surface area contributed by atoms with Gasteiger partial charge < -0.3 is 5.32 Å². The molecule has 1 fully saturated rings. The van der Waals surface area contributed by atoms with Crippen LogP contribution in [-0.2, 0) is 6.42 Å². The molecule has 2 N–H and O–H groups in total. The van der Waals surface area contributed by atoms with Gasteiger partial charge in [0.2, 0.25) is 5.82 Å². The fraction of sp³-hybridized carbons (Fsp3) is 0.750. The number of aryl methyl sites for hydroxylation is 1. The molecule has 100 valence electrons. The van der Waals surface area contributed by atoms with E-state index in [0.29, 0.717) is 5.25 Å². The molecule has 1 aliphatic rings. The molecule has 6 heteroatoms. The van der Waals surface area contributed by atoms with E-state index < -0.39 is 0 Å². The zero-order valence-corrected chi connectivity index (χ0v) is 11.7. The van der Waals surface area contributed by atoms with Crippen LogP contribution in [0.2, 0.25) is 0 Å². The van der Waals surface area contributed by atoms with Gasteiger partial charge in [0.25, 0.3) is 5.91 Å².